The quantitative estimate of drug-likeness (QED) is 0.902. The highest BCUT2D eigenvalue weighted by Gasteiger charge is 2.16. The molecule has 0 spiro atoms. The van der Waals surface area contributed by atoms with E-state index < -0.39 is 5.56 Å². The van der Waals surface area contributed by atoms with Crippen molar-refractivity contribution < 1.29 is 4.79 Å². The zero-order chi connectivity index (χ0) is 13.8. The van der Waals surface area contributed by atoms with Crippen molar-refractivity contribution in [3.05, 3.63) is 63.8 Å². The number of hydrogen-bond donors (Lipinski definition) is 1. The molecule has 0 aliphatic carbocycles. The van der Waals surface area contributed by atoms with Crippen LogP contribution in [0.3, 0.4) is 0 Å². The van der Waals surface area contributed by atoms with Gasteiger partial charge in [0.2, 0.25) is 0 Å². The maximum absolute atomic E-state index is 12.1. The Morgan fingerprint density at radius 1 is 1.32 bits per heavy atom. The van der Waals surface area contributed by atoms with Crippen LogP contribution >= 0.6 is 0 Å². The molecule has 1 aromatic carbocycles. The number of nitrogens with one attached hydrogen (secondary N) is 1. The molecule has 1 N–H and O–H groups in total. The van der Waals surface area contributed by atoms with Crippen LogP contribution in [0.5, 0.6) is 0 Å². The van der Waals surface area contributed by atoms with Crippen molar-refractivity contribution in [2.75, 3.05) is 7.05 Å². The van der Waals surface area contributed by atoms with Gasteiger partial charge in [0.1, 0.15) is 11.4 Å². The van der Waals surface area contributed by atoms with Gasteiger partial charge in [0, 0.05) is 19.8 Å². The third kappa shape index (κ3) is 3.07. The molecule has 0 radical (unpaired) electrons. The number of carbonyl (C=O) groups is 1. The molecule has 5 heteroatoms. The molecule has 0 unspecified atom stereocenters. The summed E-state index contributed by atoms with van der Waals surface area (Å²) >= 11 is 0. The normalized spacial score (nSPS) is 10.2. The molecule has 98 valence electrons. The predicted molar refractivity (Wildman–Crippen MR) is 71.8 cm³/mol. The van der Waals surface area contributed by atoms with Gasteiger partial charge in [0.15, 0.2) is 0 Å². The first-order valence-electron chi connectivity index (χ1n) is 5.93. The van der Waals surface area contributed by atoms with Crippen molar-refractivity contribution >= 4 is 5.91 Å². The lowest BCUT2D eigenvalue weighted by molar-refractivity contribution is 0.0783. The second kappa shape index (κ2) is 5.48. The second-order valence-corrected chi connectivity index (χ2v) is 4.36. The number of rotatable bonds is 3. The fourth-order valence-corrected chi connectivity index (χ4v) is 1.77. The Morgan fingerprint density at radius 2 is 2.00 bits per heavy atom. The summed E-state index contributed by atoms with van der Waals surface area (Å²) in [6, 6.07) is 9.60. The minimum atomic E-state index is -0.405. The largest absolute Gasteiger partial charge is 0.337 e. The number of aryl methyl sites for hydroxylation is 1. The number of aromatic amines is 1. The zero-order valence-corrected chi connectivity index (χ0v) is 10.9. The summed E-state index contributed by atoms with van der Waals surface area (Å²) in [7, 11) is 1.66. The molecule has 0 saturated heterocycles. The van der Waals surface area contributed by atoms with Gasteiger partial charge in [-0.05, 0) is 12.5 Å². The van der Waals surface area contributed by atoms with Crippen molar-refractivity contribution in [1.82, 2.24) is 14.9 Å². The lowest BCUT2D eigenvalue weighted by Gasteiger charge is -2.16. The minimum absolute atomic E-state index is 0.0593. The van der Waals surface area contributed by atoms with E-state index in [2.05, 4.69) is 9.97 Å². The summed E-state index contributed by atoms with van der Waals surface area (Å²) in [5, 5.41) is 0. The van der Waals surface area contributed by atoms with E-state index in [0.717, 1.165) is 5.56 Å². The molecule has 0 saturated carbocycles. The smallest absolute Gasteiger partial charge is 0.263 e. The number of H-pyrrole nitrogens is 1. The molecule has 2 rings (SSSR count). The first-order valence-corrected chi connectivity index (χ1v) is 5.93. The van der Waals surface area contributed by atoms with E-state index in [-0.39, 0.29) is 11.5 Å². The van der Waals surface area contributed by atoms with E-state index in [1.807, 2.05) is 30.3 Å². The topological polar surface area (TPSA) is 66.1 Å². The zero-order valence-electron chi connectivity index (χ0n) is 10.9. The minimum Gasteiger partial charge on any atom is -0.337 e. The van der Waals surface area contributed by atoms with Gasteiger partial charge in [-0.15, -0.1) is 0 Å². The molecule has 5 nitrogen and oxygen atoms in total. The predicted octanol–water partition coefficient (Wildman–Crippen LogP) is 1.35. The average molecular weight is 257 g/mol. The third-order valence-electron chi connectivity index (χ3n) is 2.77. The van der Waals surface area contributed by atoms with Gasteiger partial charge in [0.05, 0.1) is 0 Å². The Morgan fingerprint density at radius 3 is 2.63 bits per heavy atom. The molecule has 0 fully saturated rings. The van der Waals surface area contributed by atoms with Crippen LogP contribution in [0.1, 0.15) is 21.7 Å². The van der Waals surface area contributed by atoms with Crippen molar-refractivity contribution in [1.29, 1.82) is 0 Å². The standard InChI is InChI=1S/C14H15N3O2/c1-10-15-8-12(13(18)16-10)14(19)17(2)9-11-6-4-3-5-7-11/h3-8H,9H2,1-2H3,(H,15,16,18). The number of carbonyl (C=O) groups excluding carboxylic acids is 1. The molecule has 1 amide bonds. The molecule has 0 atom stereocenters. The maximum Gasteiger partial charge on any atom is 0.263 e. The SMILES string of the molecule is Cc1ncc(C(=O)N(C)Cc2ccccc2)c(=O)[nH]1. The molecule has 2 aromatic rings. The number of hydrogen-bond acceptors (Lipinski definition) is 3. The van der Waals surface area contributed by atoms with Gasteiger partial charge in [-0.3, -0.25) is 9.59 Å². The summed E-state index contributed by atoms with van der Waals surface area (Å²) in [6.45, 7) is 2.12. The van der Waals surface area contributed by atoms with Crippen LogP contribution in [0, 0.1) is 6.92 Å². The number of aromatic nitrogens is 2. The van der Waals surface area contributed by atoms with E-state index in [9.17, 15) is 9.59 Å². The van der Waals surface area contributed by atoms with Crippen LogP contribution in [0.4, 0.5) is 0 Å². The van der Waals surface area contributed by atoms with Crippen molar-refractivity contribution in [3.63, 3.8) is 0 Å². The van der Waals surface area contributed by atoms with Crippen molar-refractivity contribution in [2.24, 2.45) is 0 Å². The van der Waals surface area contributed by atoms with Gasteiger partial charge >= 0.3 is 0 Å². The molecule has 1 aromatic heterocycles. The lowest BCUT2D eigenvalue weighted by Crippen LogP contribution is -2.31. The van der Waals surface area contributed by atoms with Crippen LogP contribution in [0.25, 0.3) is 0 Å². The van der Waals surface area contributed by atoms with Crippen molar-refractivity contribution in [3.8, 4) is 0 Å². The Labute approximate surface area is 110 Å². The van der Waals surface area contributed by atoms with Crippen LogP contribution in [0.2, 0.25) is 0 Å². The Balaban J connectivity index is 2.17. The van der Waals surface area contributed by atoms with Gasteiger partial charge in [-0.25, -0.2) is 4.98 Å². The monoisotopic (exact) mass is 257 g/mol. The summed E-state index contributed by atoms with van der Waals surface area (Å²) in [5.41, 5.74) is 0.663. The van der Waals surface area contributed by atoms with Gasteiger partial charge in [0.25, 0.3) is 11.5 Å². The first kappa shape index (κ1) is 13.0. The molecule has 19 heavy (non-hydrogen) atoms. The van der Waals surface area contributed by atoms with E-state index in [1.54, 1.807) is 14.0 Å². The Bertz CT molecular complexity index is 635. The second-order valence-electron chi connectivity index (χ2n) is 4.36. The van der Waals surface area contributed by atoms with Gasteiger partial charge in [-0.2, -0.15) is 0 Å². The average Bonchev–Trinajstić information content (AvgIpc) is 2.39. The van der Waals surface area contributed by atoms with Gasteiger partial charge in [-0.1, -0.05) is 30.3 Å². The first-order chi connectivity index (χ1) is 9.08. The fourth-order valence-electron chi connectivity index (χ4n) is 1.77. The van der Waals surface area contributed by atoms with E-state index in [0.29, 0.717) is 12.4 Å². The van der Waals surface area contributed by atoms with Gasteiger partial charge < -0.3 is 9.88 Å². The third-order valence-corrected chi connectivity index (χ3v) is 2.77. The number of amides is 1. The van der Waals surface area contributed by atoms with Crippen LogP contribution in [0.15, 0.2) is 41.3 Å². The fraction of sp³-hybridized carbons (Fsp3) is 0.214. The molecule has 0 bridgehead atoms. The summed E-state index contributed by atoms with van der Waals surface area (Å²) < 4.78 is 0. The molecule has 0 aliphatic rings. The van der Waals surface area contributed by atoms with E-state index >= 15 is 0 Å². The number of nitrogens with zero attached hydrogens (tertiary/aromatic N) is 2. The molecule has 1 heterocycles. The summed E-state index contributed by atoms with van der Waals surface area (Å²) in [4.78, 5) is 31.8. The van der Waals surface area contributed by atoms with Crippen LogP contribution in [-0.2, 0) is 6.54 Å². The molecular formula is C14H15N3O2. The van der Waals surface area contributed by atoms with E-state index in [4.69, 9.17) is 0 Å². The number of benzene rings is 1. The highest BCUT2D eigenvalue weighted by molar-refractivity contribution is 5.93. The summed E-state index contributed by atoms with van der Waals surface area (Å²) in [5.74, 6) is 0.157. The Kier molecular flexibility index (Phi) is 3.75. The lowest BCUT2D eigenvalue weighted by atomic mass is 10.2. The van der Waals surface area contributed by atoms with Crippen LogP contribution in [-0.4, -0.2) is 27.8 Å². The van der Waals surface area contributed by atoms with E-state index in [1.165, 1.54) is 11.1 Å². The molecular weight excluding hydrogens is 242 g/mol. The highest BCUT2D eigenvalue weighted by Crippen LogP contribution is 2.05. The maximum atomic E-state index is 12.1. The summed E-state index contributed by atoms with van der Waals surface area (Å²) in [6.07, 6.45) is 1.32. The Hall–Kier alpha value is -2.43. The van der Waals surface area contributed by atoms with Crippen molar-refractivity contribution in [2.45, 2.75) is 13.5 Å². The molecule has 0 aliphatic heterocycles. The van der Waals surface area contributed by atoms with Crippen LogP contribution < -0.4 is 5.56 Å². The highest BCUT2D eigenvalue weighted by atomic mass is 16.2.